The zero-order valence-electron chi connectivity index (χ0n) is 21.6. The molecule has 0 radical (unpaired) electrons. The van der Waals surface area contributed by atoms with E-state index >= 15 is 0 Å². The zero-order valence-corrected chi connectivity index (χ0v) is 21.6. The van der Waals surface area contributed by atoms with Crippen molar-refractivity contribution in [3.8, 4) is 11.6 Å². The highest BCUT2D eigenvalue weighted by molar-refractivity contribution is 5.70. The van der Waals surface area contributed by atoms with Gasteiger partial charge in [-0.05, 0) is 70.9 Å². The molecule has 2 saturated heterocycles. The Balaban J connectivity index is 1.13. The van der Waals surface area contributed by atoms with Gasteiger partial charge >= 0.3 is 6.09 Å². The molecule has 10 nitrogen and oxygen atoms in total. The number of nitrogens with zero attached hydrogens (tertiary/aromatic N) is 6. The van der Waals surface area contributed by atoms with Crippen LogP contribution in [-0.2, 0) is 4.74 Å². The third kappa shape index (κ3) is 4.77. The molecule has 11 heteroatoms. The molecule has 2 aromatic heterocycles. The van der Waals surface area contributed by atoms with E-state index in [9.17, 15) is 9.18 Å². The Morgan fingerprint density at radius 2 is 1.95 bits per heavy atom. The van der Waals surface area contributed by atoms with Crippen molar-refractivity contribution >= 4 is 17.6 Å². The zero-order chi connectivity index (χ0) is 26.3. The number of hydrogen-bond acceptors (Lipinski definition) is 8. The van der Waals surface area contributed by atoms with Gasteiger partial charge in [0.05, 0.1) is 16.9 Å². The quantitative estimate of drug-likeness (QED) is 0.478. The summed E-state index contributed by atoms with van der Waals surface area (Å²) in [4.78, 5) is 27.6. The average Bonchev–Trinajstić information content (AvgIpc) is 3.51. The average molecular weight is 522 g/mol. The van der Waals surface area contributed by atoms with E-state index in [0.29, 0.717) is 22.9 Å². The summed E-state index contributed by atoms with van der Waals surface area (Å²) in [6.45, 7) is 3.88. The first-order chi connectivity index (χ1) is 18.4. The molecule has 3 aromatic rings. The summed E-state index contributed by atoms with van der Waals surface area (Å²) in [5.74, 6) is 0.485. The van der Waals surface area contributed by atoms with Crippen molar-refractivity contribution in [2.45, 2.75) is 89.0 Å². The smallest absolute Gasteiger partial charge is 0.410 e. The number of aromatic nitrogens is 5. The lowest BCUT2D eigenvalue weighted by Crippen LogP contribution is -2.47. The summed E-state index contributed by atoms with van der Waals surface area (Å²) in [6, 6.07) is 5.05. The minimum absolute atomic E-state index is 0.0833. The number of carbonyl (C=O) groups is 1. The van der Waals surface area contributed by atoms with Crippen LogP contribution in [0.4, 0.5) is 20.7 Å². The number of rotatable bonds is 6. The Labute approximate surface area is 220 Å². The van der Waals surface area contributed by atoms with Crippen LogP contribution in [-0.4, -0.2) is 59.5 Å². The molecule has 200 valence electrons. The van der Waals surface area contributed by atoms with Crippen LogP contribution in [0.25, 0.3) is 5.69 Å². The first-order valence-electron chi connectivity index (χ1n) is 13.3. The summed E-state index contributed by atoms with van der Waals surface area (Å²) < 4.78 is 28.6. The lowest BCUT2D eigenvalue weighted by Gasteiger charge is -2.40. The van der Waals surface area contributed by atoms with Gasteiger partial charge in [-0.3, -0.25) is 0 Å². The first kappa shape index (κ1) is 24.6. The van der Waals surface area contributed by atoms with Gasteiger partial charge in [-0.2, -0.15) is 5.10 Å². The SMILES string of the molecule is Cc1c(Nc2ccc(-n3cncn3)cc2F)ncnc1O[C@@H]1CCC2CCC(C1)N2C(=O)OC1(C)CCC1. The van der Waals surface area contributed by atoms with Gasteiger partial charge in [0.25, 0.3) is 0 Å². The van der Waals surface area contributed by atoms with Crippen molar-refractivity contribution in [3.05, 3.63) is 48.6 Å². The fourth-order valence-corrected chi connectivity index (χ4v) is 5.77. The summed E-state index contributed by atoms with van der Waals surface area (Å²) in [5.41, 5.74) is 1.23. The third-order valence-electron chi connectivity index (χ3n) is 8.14. The highest BCUT2D eigenvalue weighted by Crippen LogP contribution is 2.40. The van der Waals surface area contributed by atoms with Gasteiger partial charge in [-0.1, -0.05) is 0 Å². The van der Waals surface area contributed by atoms with E-state index in [4.69, 9.17) is 9.47 Å². The molecule has 1 amide bonds. The Kier molecular flexibility index (Phi) is 6.37. The van der Waals surface area contributed by atoms with Crippen LogP contribution in [0, 0.1) is 12.7 Å². The van der Waals surface area contributed by atoms with Crippen LogP contribution in [0.15, 0.2) is 37.2 Å². The standard InChI is InChI=1S/C27H32FN7O3/c1-17-24(33-23-9-7-19(13-22(23)28)34-16-29-14-32-34)30-15-31-25(17)37-21-8-6-18-4-5-20(12-21)35(18)26(36)38-27(2)10-3-11-27/h7,9,13-16,18,20-21H,3-6,8,10-12H2,1-2H3,(H,30,31,33)/t18?,20?,21-/m1/s1. The van der Waals surface area contributed by atoms with Gasteiger partial charge in [0.2, 0.25) is 5.88 Å². The van der Waals surface area contributed by atoms with Crippen molar-refractivity contribution in [1.29, 1.82) is 0 Å². The highest BCUT2D eigenvalue weighted by Gasteiger charge is 2.45. The van der Waals surface area contributed by atoms with Crippen molar-refractivity contribution < 1.29 is 18.7 Å². The van der Waals surface area contributed by atoms with Crippen LogP contribution in [0.1, 0.15) is 63.9 Å². The Hall–Kier alpha value is -3.76. The molecule has 2 aliphatic heterocycles. The number of ether oxygens (including phenoxy) is 2. The lowest BCUT2D eigenvalue weighted by molar-refractivity contribution is -0.0529. The monoisotopic (exact) mass is 521 g/mol. The molecule has 1 saturated carbocycles. The molecule has 3 atom stereocenters. The number of anilines is 2. The van der Waals surface area contributed by atoms with Gasteiger partial charge in [-0.15, -0.1) is 0 Å². The number of halogens is 1. The maximum Gasteiger partial charge on any atom is 0.410 e. The molecule has 0 spiro atoms. The van der Waals surface area contributed by atoms with Crippen molar-refractivity contribution in [3.63, 3.8) is 0 Å². The van der Waals surface area contributed by atoms with E-state index in [1.165, 1.54) is 29.7 Å². The molecule has 1 aromatic carbocycles. The van der Waals surface area contributed by atoms with Gasteiger partial charge in [-0.25, -0.2) is 28.8 Å². The van der Waals surface area contributed by atoms with Crippen molar-refractivity contribution in [1.82, 2.24) is 29.6 Å². The number of benzene rings is 1. The number of hydrogen-bond donors (Lipinski definition) is 1. The summed E-state index contributed by atoms with van der Waals surface area (Å²) in [5, 5.41) is 7.10. The van der Waals surface area contributed by atoms with E-state index in [-0.39, 0.29) is 35.6 Å². The van der Waals surface area contributed by atoms with Gasteiger partial charge in [0, 0.05) is 24.6 Å². The molecule has 2 bridgehead atoms. The molecular formula is C27H32FN7O3. The van der Waals surface area contributed by atoms with Crippen molar-refractivity contribution in [2.24, 2.45) is 0 Å². The van der Waals surface area contributed by atoms with Crippen molar-refractivity contribution in [2.75, 3.05) is 5.32 Å². The lowest BCUT2D eigenvalue weighted by atomic mass is 9.82. The molecule has 3 aliphatic rings. The van der Waals surface area contributed by atoms with Gasteiger partial charge < -0.3 is 19.7 Å². The highest BCUT2D eigenvalue weighted by atomic mass is 19.1. The van der Waals surface area contributed by atoms with E-state index < -0.39 is 5.82 Å². The number of nitrogens with one attached hydrogen (secondary N) is 1. The molecule has 2 unspecified atom stereocenters. The maximum absolute atomic E-state index is 14.9. The predicted molar refractivity (Wildman–Crippen MR) is 137 cm³/mol. The summed E-state index contributed by atoms with van der Waals surface area (Å²) in [7, 11) is 0. The first-order valence-corrected chi connectivity index (χ1v) is 13.3. The van der Waals surface area contributed by atoms with Gasteiger partial charge in [0.1, 0.15) is 42.3 Å². The van der Waals surface area contributed by atoms with E-state index in [1.54, 1.807) is 12.1 Å². The minimum atomic E-state index is -0.444. The molecule has 1 N–H and O–H groups in total. The molecule has 3 fully saturated rings. The second kappa shape index (κ2) is 9.85. The maximum atomic E-state index is 14.9. The van der Waals surface area contributed by atoms with Crippen LogP contribution in [0.5, 0.6) is 5.88 Å². The second-order valence-electron chi connectivity index (χ2n) is 10.8. The summed E-state index contributed by atoms with van der Waals surface area (Å²) in [6.07, 6.45) is 11.4. The van der Waals surface area contributed by atoms with Crippen LogP contribution < -0.4 is 10.1 Å². The molecule has 6 rings (SSSR count). The fraction of sp³-hybridized carbons (Fsp3) is 0.519. The Morgan fingerprint density at radius 3 is 2.68 bits per heavy atom. The van der Waals surface area contributed by atoms with E-state index in [0.717, 1.165) is 51.4 Å². The van der Waals surface area contributed by atoms with Crippen LogP contribution in [0.3, 0.4) is 0 Å². The van der Waals surface area contributed by atoms with E-state index in [1.807, 2.05) is 18.7 Å². The third-order valence-corrected chi connectivity index (χ3v) is 8.14. The summed E-state index contributed by atoms with van der Waals surface area (Å²) >= 11 is 0. The van der Waals surface area contributed by atoms with Crippen LogP contribution >= 0.6 is 0 Å². The minimum Gasteiger partial charge on any atom is -0.474 e. The topological polar surface area (TPSA) is 107 Å². The number of carbonyl (C=O) groups excluding carboxylic acids is 1. The predicted octanol–water partition coefficient (Wildman–Crippen LogP) is 5.09. The Morgan fingerprint density at radius 1 is 1.13 bits per heavy atom. The largest absolute Gasteiger partial charge is 0.474 e. The fourth-order valence-electron chi connectivity index (χ4n) is 5.77. The molecule has 4 heterocycles. The molecule has 1 aliphatic carbocycles. The Bertz CT molecular complexity index is 1310. The normalized spacial score (nSPS) is 23.9. The van der Waals surface area contributed by atoms with E-state index in [2.05, 4.69) is 25.4 Å². The second-order valence-corrected chi connectivity index (χ2v) is 10.8. The molecular weight excluding hydrogens is 489 g/mol. The number of fused-ring (bicyclic) bond motifs is 2. The van der Waals surface area contributed by atoms with Gasteiger partial charge in [0.15, 0.2) is 0 Å². The number of amides is 1. The van der Waals surface area contributed by atoms with Crippen LogP contribution in [0.2, 0.25) is 0 Å². The molecule has 38 heavy (non-hydrogen) atoms.